The molecule has 0 radical (unpaired) electrons. The van der Waals surface area contributed by atoms with Crippen molar-refractivity contribution in [1.29, 1.82) is 0 Å². The Labute approximate surface area is 105 Å². The van der Waals surface area contributed by atoms with Gasteiger partial charge in [-0.2, -0.15) is 0 Å². The number of unbranched alkanes of at least 4 members (excludes halogenated alkanes) is 1. The zero-order valence-corrected chi connectivity index (χ0v) is 10.8. The Bertz CT molecular complexity index is 213. The number of hydrogen-bond donors (Lipinski definition) is 3. The van der Waals surface area contributed by atoms with E-state index in [-0.39, 0.29) is 0 Å². The smallest absolute Gasteiger partial charge is 0.139 e. The van der Waals surface area contributed by atoms with E-state index in [0.29, 0.717) is 12.3 Å². The summed E-state index contributed by atoms with van der Waals surface area (Å²) in [4.78, 5) is 0. The van der Waals surface area contributed by atoms with Gasteiger partial charge in [0.25, 0.3) is 0 Å². The molecule has 0 amide bonds. The summed E-state index contributed by atoms with van der Waals surface area (Å²) in [7, 11) is 0. The van der Waals surface area contributed by atoms with Gasteiger partial charge in [-0.25, -0.2) is 0 Å². The van der Waals surface area contributed by atoms with Crippen molar-refractivity contribution in [2.24, 2.45) is 16.8 Å². The van der Waals surface area contributed by atoms with Crippen LogP contribution in [0.1, 0.15) is 57.8 Å². The molecule has 1 rings (SSSR count). The van der Waals surface area contributed by atoms with Gasteiger partial charge < -0.3 is 16.3 Å². The Morgan fingerprint density at radius 1 is 1.18 bits per heavy atom. The van der Waals surface area contributed by atoms with Gasteiger partial charge in [-0.1, -0.05) is 30.8 Å². The molecule has 100 valence electrons. The molecule has 17 heavy (non-hydrogen) atoms. The molecular weight excluding hydrogens is 214 g/mol. The quantitative estimate of drug-likeness (QED) is 0.191. The second-order valence-corrected chi connectivity index (χ2v) is 5.09. The Balaban J connectivity index is 1.78. The third-order valence-corrected chi connectivity index (χ3v) is 3.61. The highest BCUT2D eigenvalue weighted by Gasteiger charge is 2.13. The molecule has 0 bridgehead atoms. The first-order chi connectivity index (χ1) is 8.33. The number of hydrogen-bond acceptors (Lipinski definition) is 3. The predicted octanol–water partition coefficient (Wildman–Crippen LogP) is 2.46. The number of amidine groups is 1. The van der Waals surface area contributed by atoms with Gasteiger partial charge in [0.15, 0.2) is 0 Å². The van der Waals surface area contributed by atoms with Gasteiger partial charge in [-0.15, -0.1) is 0 Å². The molecular formula is C13H27N3O. The fourth-order valence-electron chi connectivity index (χ4n) is 2.55. The van der Waals surface area contributed by atoms with Gasteiger partial charge in [-0.05, 0) is 44.7 Å². The number of nitrogens with zero attached hydrogens (tertiary/aromatic N) is 1. The van der Waals surface area contributed by atoms with Crippen molar-refractivity contribution in [3.63, 3.8) is 0 Å². The van der Waals surface area contributed by atoms with Gasteiger partial charge in [0.2, 0.25) is 0 Å². The minimum Gasteiger partial charge on any atom is -0.409 e. The zero-order chi connectivity index (χ0) is 12.3. The number of oxime groups is 1. The fraction of sp³-hybridized carbons (Fsp3) is 0.923. The Morgan fingerprint density at radius 2 is 1.88 bits per heavy atom. The molecule has 0 spiro atoms. The van der Waals surface area contributed by atoms with Crippen LogP contribution in [-0.2, 0) is 0 Å². The number of nitrogens with one attached hydrogen (secondary N) is 1. The molecule has 0 atom stereocenters. The molecule has 1 saturated carbocycles. The summed E-state index contributed by atoms with van der Waals surface area (Å²) in [6, 6.07) is 0. The van der Waals surface area contributed by atoms with Crippen molar-refractivity contribution in [2.45, 2.75) is 57.8 Å². The minimum absolute atomic E-state index is 0.339. The predicted molar refractivity (Wildman–Crippen MR) is 71.3 cm³/mol. The van der Waals surface area contributed by atoms with E-state index in [1.54, 1.807) is 0 Å². The fourth-order valence-corrected chi connectivity index (χ4v) is 2.55. The molecule has 0 saturated heterocycles. The third kappa shape index (κ3) is 7.21. The molecule has 0 aromatic rings. The normalized spacial score (nSPS) is 17.8. The SMILES string of the molecule is NC(CCCCNCCCC1CCCC1)=NO. The molecule has 0 heterocycles. The summed E-state index contributed by atoms with van der Waals surface area (Å²) < 4.78 is 0. The van der Waals surface area contributed by atoms with Crippen molar-refractivity contribution in [3.05, 3.63) is 0 Å². The van der Waals surface area contributed by atoms with E-state index in [4.69, 9.17) is 10.9 Å². The van der Waals surface area contributed by atoms with E-state index < -0.39 is 0 Å². The highest BCUT2D eigenvalue weighted by Crippen LogP contribution is 2.28. The summed E-state index contributed by atoms with van der Waals surface area (Å²) >= 11 is 0. The molecule has 1 fully saturated rings. The van der Waals surface area contributed by atoms with Crippen LogP contribution in [0, 0.1) is 5.92 Å². The van der Waals surface area contributed by atoms with Crippen LogP contribution in [0.3, 0.4) is 0 Å². The highest BCUT2D eigenvalue weighted by molar-refractivity contribution is 5.79. The summed E-state index contributed by atoms with van der Waals surface area (Å²) in [5.74, 6) is 1.35. The van der Waals surface area contributed by atoms with Crippen molar-refractivity contribution in [2.75, 3.05) is 13.1 Å². The van der Waals surface area contributed by atoms with Crippen molar-refractivity contribution in [1.82, 2.24) is 5.32 Å². The zero-order valence-electron chi connectivity index (χ0n) is 10.8. The second kappa shape index (κ2) is 9.28. The van der Waals surface area contributed by atoms with Crippen LogP contribution in [-0.4, -0.2) is 24.1 Å². The summed E-state index contributed by atoms with van der Waals surface area (Å²) in [6.45, 7) is 2.18. The van der Waals surface area contributed by atoms with Crippen molar-refractivity contribution < 1.29 is 5.21 Å². The van der Waals surface area contributed by atoms with E-state index >= 15 is 0 Å². The van der Waals surface area contributed by atoms with E-state index in [0.717, 1.165) is 31.8 Å². The molecule has 0 unspecified atom stereocenters. The average Bonchev–Trinajstić information content (AvgIpc) is 2.85. The van der Waals surface area contributed by atoms with E-state index in [9.17, 15) is 0 Å². The van der Waals surface area contributed by atoms with Crippen LogP contribution in [0.15, 0.2) is 5.16 Å². The average molecular weight is 241 g/mol. The Hall–Kier alpha value is -0.770. The standard InChI is InChI=1S/C13H27N3O/c14-13(16-17)9-3-4-10-15-11-5-8-12-6-1-2-7-12/h12,15,17H,1-11H2,(H2,14,16). The van der Waals surface area contributed by atoms with Crippen LogP contribution in [0.4, 0.5) is 0 Å². The lowest BCUT2D eigenvalue weighted by atomic mass is 10.0. The maximum Gasteiger partial charge on any atom is 0.139 e. The largest absolute Gasteiger partial charge is 0.409 e. The first-order valence-electron chi connectivity index (χ1n) is 7.00. The minimum atomic E-state index is 0.339. The molecule has 0 aromatic carbocycles. The van der Waals surface area contributed by atoms with Crippen LogP contribution < -0.4 is 11.1 Å². The Kier molecular flexibility index (Phi) is 7.80. The maximum absolute atomic E-state index is 8.36. The van der Waals surface area contributed by atoms with Crippen LogP contribution >= 0.6 is 0 Å². The van der Waals surface area contributed by atoms with Gasteiger partial charge in [0.1, 0.15) is 5.84 Å². The maximum atomic E-state index is 8.36. The lowest BCUT2D eigenvalue weighted by Crippen LogP contribution is -2.18. The van der Waals surface area contributed by atoms with Crippen molar-refractivity contribution in [3.8, 4) is 0 Å². The van der Waals surface area contributed by atoms with Gasteiger partial charge in [0, 0.05) is 6.42 Å². The van der Waals surface area contributed by atoms with Gasteiger partial charge >= 0.3 is 0 Å². The van der Waals surface area contributed by atoms with Crippen LogP contribution in [0.25, 0.3) is 0 Å². The van der Waals surface area contributed by atoms with Crippen LogP contribution in [0.2, 0.25) is 0 Å². The third-order valence-electron chi connectivity index (χ3n) is 3.61. The van der Waals surface area contributed by atoms with Crippen LogP contribution in [0.5, 0.6) is 0 Å². The second-order valence-electron chi connectivity index (χ2n) is 5.09. The summed E-state index contributed by atoms with van der Waals surface area (Å²) in [5.41, 5.74) is 5.38. The monoisotopic (exact) mass is 241 g/mol. The number of nitrogens with two attached hydrogens (primary N) is 1. The molecule has 1 aliphatic rings. The molecule has 4 N–H and O–H groups in total. The highest BCUT2D eigenvalue weighted by atomic mass is 16.4. The molecule has 0 aliphatic heterocycles. The lowest BCUT2D eigenvalue weighted by molar-refractivity contribution is 0.316. The first-order valence-corrected chi connectivity index (χ1v) is 7.00. The van der Waals surface area contributed by atoms with E-state index in [1.165, 1.54) is 38.5 Å². The molecule has 0 aromatic heterocycles. The van der Waals surface area contributed by atoms with Gasteiger partial charge in [0.05, 0.1) is 0 Å². The molecule has 4 nitrogen and oxygen atoms in total. The van der Waals surface area contributed by atoms with Crippen molar-refractivity contribution >= 4 is 5.84 Å². The number of rotatable bonds is 9. The summed E-state index contributed by atoms with van der Waals surface area (Å²) in [5, 5.41) is 14.8. The molecule has 4 heteroatoms. The topological polar surface area (TPSA) is 70.6 Å². The first kappa shape index (κ1) is 14.3. The molecule has 1 aliphatic carbocycles. The Morgan fingerprint density at radius 3 is 2.59 bits per heavy atom. The lowest BCUT2D eigenvalue weighted by Gasteiger charge is -2.09. The van der Waals surface area contributed by atoms with E-state index in [2.05, 4.69) is 10.5 Å². The van der Waals surface area contributed by atoms with E-state index in [1.807, 2.05) is 0 Å². The summed E-state index contributed by atoms with van der Waals surface area (Å²) in [6.07, 6.45) is 11.3. The van der Waals surface area contributed by atoms with Gasteiger partial charge in [-0.3, -0.25) is 0 Å².